The molecule has 0 unspecified atom stereocenters. The third-order valence-corrected chi connectivity index (χ3v) is 0. The van der Waals surface area contributed by atoms with Crippen LogP contribution in [-0.4, -0.2) is 24.7 Å². The van der Waals surface area contributed by atoms with Gasteiger partial charge in [-0.3, -0.25) is 0 Å². The molecule has 0 saturated heterocycles. The SMILES string of the molecule is [AlH3].[CH3][Zr][SiH3].[Zr]. The second kappa shape index (κ2) is 16.0. The maximum atomic E-state index is 2.36. The van der Waals surface area contributed by atoms with Gasteiger partial charge < -0.3 is 0 Å². The Labute approximate surface area is 76.7 Å². The summed E-state index contributed by atoms with van der Waals surface area (Å²) in [5.74, 6) is 0. The Bertz CT molecular complexity index is 9.61. The summed E-state index contributed by atoms with van der Waals surface area (Å²) in [6.45, 7) is 0. The molecule has 5 heavy (non-hydrogen) atoms. The molecule has 0 aromatic carbocycles. The largest absolute Gasteiger partial charge is 0 e. The quantitative estimate of drug-likeness (QED) is 0.451. The van der Waals surface area contributed by atoms with E-state index in [9.17, 15) is 0 Å². The van der Waals surface area contributed by atoms with Gasteiger partial charge in [0, 0.05) is 26.2 Å². The zero-order valence-corrected chi connectivity index (χ0v) is 9.92. The predicted molar refractivity (Wildman–Crippen MR) is 25.7 cm³/mol. The van der Waals surface area contributed by atoms with E-state index in [1.54, 1.807) is 0 Å². The van der Waals surface area contributed by atoms with Crippen molar-refractivity contribution >= 4 is 24.7 Å². The molecule has 0 N–H and O–H groups in total. The van der Waals surface area contributed by atoms with Crippen molar-refractivity contribution < 1.29 is 48.6 Å². The average Bonchev–Trinajstić information content (AvgIpc) is 0.918. The molecule has 0 bridgehead atoms. The summed E-state index contributed by atoms with van der Waals surface area (Å²) >= 11 is 0.369. The van der Waals surface area contributed by atoms with E-state index in [-0.39, 0.29) is 43.6 Å². The number of rotatable bonds is 0. The van der Waals surface area contributed by atoms with Crippen LogP contribution in [0.25, 0.3) is 0 Å². The van der Waals surface area contributed by atoms with Crippen molar-refractivity contribution in [2.45, 2.75) is 4.63 Å². The molecular formula is CH9AlSiZr2. The van der Waals surface area contributed by atoms with Crippen LogP contribution in [0.3, 0.4) is 0 Å². The monoisotopic (exact) mass is 256 g/mol. The van der Waals surface area contributed by atoms with Crippen molar-refractivity contribution in [3.63, 3.8) is 0 Å². The zero-order chi connectivity index (χ0) is 2.71. The van der Waals surface area contributed by atoms with Gasteiger partial charge in [0.05, 0.1) is 0 Å². The van der Waals surface area contributed by atoms with Crippen LogP contribution in [0.5, 0.6) is 0 Å². The minimum atomic E-state index is 0. The molecule has 0 aliphatic heterocycles. The molecule has 0 aliphatic carbocycles. The van der Waals surface area contributed by atoms with Crippen molar-refractivity contribution in [1.29, 1.82) is 0 Å². The Hall–Kier alpha value is 2.52. The predicted octanol–water partition coefficient (Wildman–Crippen LogP) is -1.79. The van der Waals surface area contributed by atoms with E-state index in [1.165, 1.54) is 7.37 Å². The van der Waals surface area contributed by atoms with Crippen LogP contribution < -0.4 is 0 Å². The van der Waals surface area contributed by atoms with Gasteiger partial charge in [0.1, 0.15) is 0 Å². The van der Waals surface area contributed by atoms with Gasteiger partial charge in [-0.15, -0.1) is 0 Å². The standard InChI is InChI=1S/CH3.Al.H3Si.2Zr.3H/h1H3;;1H3;;;;;. The molecule has 0 atom stereocenters. The maximum absolute atomic E-state index is 2.36. The second-order valence-corrected chi connectivity index (χ2v) is 8.87. The fourth-order valence-electron chi connectivity index (χ4n) is 0. The molecule has 0 heterocycles. The Morgan fingerprint density at radius 3 is 1.60 bits per heavy atom. The molecule has 4 heteroatoms. The summed E-state index contributed by atoms with van der Waals surface area (Å²) in [5, 5.41) is 0. The van der Waals surface area contributed by atoms with Gasteiger partial charge in [0.25, 0.3) is 0 Å². The van der Waals surface area contributed by atoms with E-state index in [0.29, 0.717) is 22.4 Å². The molecule has 0 fully saturated rings. The molecule has 0 aromatic heterocycles. The average molecular weight is 259 g/mol. The van der Waals surface area contributed by atoms with Crippen LogP contribution in [0.2, 0.25) is 4.63 Å². The molecule has 0 aromatic rings. The molecule has 0 saturated carbocycles. The van der Waals surface area contributed by atoms with Crippen LogP contribution in [-0.2, 0) is 48.6 Å². The summed E-state index contributed by atoms with van der Waals surface area (Å²) < 4.78 is 2.36. The summed E-state index contributed by atoms with van der Waals surface area (Å²) in [4.78, 5) is 0. The van der Waals surface area contributed by atoms with E-state index in [2.05, 4.69) is 4.63 Å². The third kappa shape index (κ3) is 21.0. The fraction of sp³-hybridized carbons (Fsp3) is 1.00. The topological polar surface area (TPSA) is 0 Å². The van der Waals surface area contributed by atoms with Crippen LogP contribution in [0.4, 0.5) is 0 Å². The van der Waals surface area contributed by atoms with Crippen molar-refractivity contribution in [3.05, 3.63) is 0 Å². The first-order valence-corrected chi connectivity index (χ1v) is 11.8. The van der Waals surface area contributed by atoms with Gasteiger partial charge in [-0.25, -0.2) is 0 Å². The van der Waals surface area contributed by atoms with Gasteiger partial charge in [-0.05, 0) is 0 Å². The van der Waals surface area contributed by atoms with E-state index < -0.39 is 0 Å². The van der Waals surface area contributed by atoms with E-state index in [4.69, 9.17) is 0 Å². The maximum Gasteiger partial charge on any atom is 0 e. The van der Waals surface area contributed by atoms with Gasteiger partial charge in [0.15, 0.2) is 17.4 Å². The van der Waals surface area contributed by atoms with E-state index in [0.717, 1.165) is 0 Å². The number of hydrogen-bond donors (Lipinski definition) is 0. The fourth-order valence-corrected chi connectivity index (χ4v) is 0. The van der Waals surface area contributed by atoms with Crippen molar-refractivity contribution in [2.24, 2.45) is 0 Å². The summed E-state index contributed by atoms with van der Waals surface area (Å²) in [5.41, 5.74) is 0. The second-order valence-electron chi connectivity index (χ2n) is 0.500. The van der Waals surface area contributed by atoms with Gasteiger partial charge in [-0.1, -0.05) is 0 Å². The smallest absolute Gasteiger partial charge is 0 e. The van der Waals surface area contributed by atoms with Gasteiger partial charge >= 0.3 is 34.4 Å². The summed E-state index contributed by atoms with van der Waals surface area (Å²) in [7, 11) is 1.54. The zero-order valence-electron chi connectivity index (χ0n) is 3.00. The summed E-state index contributed by atoms with van der Waals surface area (Å²) in [6.07, 6.45) is 0. The minimum Gasteiger partial charge on any atom is 0 e. The molecule has 0 rings (SSSR count). The normalized spacial score (nSPS) is 3.40. The van der Waals surface area contributed by atoms with Crippen LogP contribution in [0, 0.1) is 0 Å². The first-order chi connectivity index (χ1) is 1.41. The molecule has 0 spiro atoms. The summed E-state index contributed by atoms with van der Waals surface area (Å²) in [6, 6.07) is 0. The van der Waals surface area contributed by atoms with Crippen LogP contribution in [0.15, 0.2) is 0 Å². The molecule has 0 amide bonds. The van der Waals surface area contributed by atoms with Crippen molar-refractivity contribution in [3.8, 4) is 0 Å². The number of hydrogen-bond acceptors (Lipinski definition) is 0. The Balaban J connectivity index is -0.0000000200. The van der Waals surface area contributed by atoms with Crippen LogP contribution >= 0.6 is 0 Å². The first-order valence-electron chi connectivity index (χ1n) is 1.00. The van der Waals surface area contributed by atoms with Crippen LogP contribution in [0.1, 0.15) is 0 Å². The van der Waals surface area contributed by atoms with Gasteiger partial charge in [-0.2, -0.15) is 0 Å². The molecule has 0 aliphatic rings. The minimum absolute atomic E-state index is 0. The molecule has 0 radical (unpaired) electrons. The Morgan fingerprint density at radius 1 is 1.60 bits per heavy atom. The Kier molecular flexibility index (Phi) is 50.2. The van der Waals surface area contributed by atoms with Crippen molar-refractivity contribution in [1.82, 2.24) is 0 Å². The van der Waals surface area contributed by atoms with E-state index >= 15 is 0 Å². The first kappa shape index (κ1) is 15.6. The van der Waals surface area contributed by atoms with E-state index in [1.807, 2.05) is 0 Å². The molecule has 0 nitrogen and oxygen atoms in total. The van der Waals surface area contributed by atoms with Crippen molar-refractivity contribution in [2.75, 3.05) is 0 Å². The molecule has 28 valence electrons. The van der Waals surface area contributed by atoms with Gasteiger partial charge in [0.2, 0.25) is 0 Å². The third-order valence-electron chi connectivity index (χ3n) is 0. The Morgan fingerprint density at radius 2 is 1.60 bits per heavy atom. The molecular weight excluding hydrogens is 250 g/mol.